The van der Waals surface area contributed by atoms with Crippen LogP contribution in [0.1, 0.15) is 33.1 Å². The first-order valence-corrected chi connectivity index (χ1v) is 11.5. The second kappa shape index (κ2) is 9.21. The minimum Gasteiger partial charge on any atom is -0.390 e. The van der Waals surface area contributed by atoms with E-state index < -0.39 is 21.7 Å². The molecule has 146 valence electrons. The number of aliphatic hydroxyl groups is 1. The molecule has 0 aliphatic carbocycles. The van der Waals surface area contributed by atoms with Crippen LogP contribution in [0.15, 0.2) is 35.2 Å². The van der Waals surface area contributed by atoms with Gasteiger partial charge in [-0.2, -0.15) is 16.1 Å². The van der Waals surface area contributed by atoms with Gasteiger partial charge in [0.15, 0.2) is 0 Å². The lowest BCUT2D eigenvalue weighted by atomic mass is 10.0. The molecule has 1 atom stereocenters. The fraction of sp³-hybridized carbons (Fsp3) is 0.611. The van der Waals surface area contributed by atoms with Crippen LogP contribution in [0.3, 0.4) is 0 Å². The van der Waals surface area contributed by atoms with Gasteiger partial charge in [-0.25, -0.2) is 8.42 Å². The number of piperidine rings is 1. The van der Waals surface area contributed by atoms with Crippen molar-refractivity contribution in [2.45, 2.75) is 49.6 Å². The van der Waals surface area contributed by atoms with Crippen molar-refractivity contribution >= 4 is 27.7 Å². The Balaban J connectivity index is 1.96. The first-order valence-electron chi connectivity index (χ1n) is 8.86. The number of carbonyl (C=O) groups excluding carboxylic acids is 1. The molecule has 6 nitrogen and oxygen atoms in total. The van der Waals surface area contributed by atoms with Gasteiger partial charge in [-0.05, 0) is 38.8 Å². The molecule has 0 spiro atoms. The van der Waals surface area contributed by atoms with Crippen LogP contribution in [0.2, 0.25) is 0 Å². The van der Waals surface area contributed by atoms with E-state index in [0.29, 0.717) is 31.0 Å². The van der Waals surface area contributed by atoms with E-state index >= 15 is 0 Å². The minimum absolute atomic E-state index is 0.223. The number of rotatable bonds is 8. The van der Waals surface area contributed by atoms with Crippen LogP contribution in [0.25, 0.3) is 0 Å². The molecule has 1 fully saturated rings. The monoisotopic (exact) mass is 400 g/mol. The Kier molecular flexibility index (Phi) is 7.52. The number of amides is 1. The number of nitrogens with zero attached hydrogens (tertiary/aromatic N) is 1. The van der Waals surface area contributed by atoms with E-state index in [0.717, 1.165) is 12.8 Å². The molecule has 0 aromatic heterocycles. The van der Waals surface area contributed by atoms with Gasteiger partial charge in [0.05, 0.1) is 10.5 Å². The van der Waals surface area contributed by atoms with Crippen molar-refractivity contribution < 1.29 is 18.3 Å². The number of thioether (sulfide) groups is 1. The Bertz CT molecular complexity index is 687. The maximum atomic E-state index is 12.9. The molecule has 1 saturated heterocycles. The predicted octanol–water partition coefficient (Wildman–Crippen LogP) is 1.85. The molecule has 0 radical (unpaired) electrons. The zero-order chi connectivity index (χ0) is 19.2. The molecule has 0 bridgehead atoms. The minimum atomic E-state index is -3.68. The van der Waals surface area contributed by atoms with Crippen molar-refractivity contribution in [1.82, 2.24) is 9.62 Å². The maximum Gasteiger partial charge on any atom is 0.243 e. The number of hydrogen-bond acceptors (Lipinski definition) is 5. The lowest BCUT2D eigenvalue weighted by Crippen LogP contribution is -2.52. The smallest absolute Gasteiger partial charge is 0.243 e. The summed E-state index contributed by atoms with van der Waals surface area (Å²) in [6.45, 7) is 4.30. The Morgan fingerprint density at radius 1 is 1.31 bits per heavy atom. The highest BCUT2D eigenvalue weighted by atomic mass is 32.2. The van der Waals surface area contributed by atoms with Crippen molar-refractivity contribution in [2.75, 3.05) is 24.6 Å². The highest BCUT2D eigenvalue weighted by Gasteiger charge is 2.37. The molecule has 1 aromatic carbocycles. The highest BCUT2D eigenvalue weighted by Crippen LogP contribution is 2.25. The number of carbonyl (C=O) groups is 1. The molecule has 1 heterocycles. The molecule has 1 aliphatic rings. The number of sulfonamides is 1. The maximum absolute atomic E-state index is 12.9. The van der Waals surface area contributed by atoms with Gasteiger partial charge in [0.25, 0.3) is 0 Å². The van der Waals surface area contributed by atoms with E-state index in [1.807, 2.05) is 0 Å². The molecule has 8 heteroatoms. The van der Waals surface area contributed by atoms with Gasteiger partial charge in [-0.1, -0.05) is 24.6 Å². The lowest BCUT2D eigenvalue weighted by Gasteiger charge is -2.33. The summed E-state index contributed by atoms with van der Waals surface area (Å²) in [5.74, 6) is 1.02. The molecular formula is C18H28N2O4S2. The van der Waals surface area contributed by atoms with Gasteiger partial charge < -0.3 is 10.4 Å². The Hall–Kier alpha value is -1.09. The summed E-state index contributed by atoms with van der Waals surface area (Å²) >= 11 is 1.56. The van der Waals surface area contributed by atoms with Crippen molar-refractivity contribution in [3.63, 3.8) is 0 Å². The predicted molar refractivity (Wildman–Crippen MR) is 105 cm³/mol. The van der Waals surface area contributed by atoms with Crippen LogP contribution in [-0.2, 0) is 14.8 Å². The average molecular weight is 401 g/mol. The fourth-order valence-corrected chi connectivity index (χ4v) is 5.44. The van der Waals surface area contributed by atoms with Crippen LogP contribution < -0.4 is 5.32 Å². The van der Waals surface area contributed by atoms with Gasteiger partial charge in [0.1, 0.15) is 6.04 Å². The molecule has 1 amide bonds. The van der Waals surface area contributed by atoms with E-state index in [-0.39, 0.29) is 10.8 Å². The van der Waals surface area contributed by atoms with E-state index in [4.69, 9.17) is 0 Å². The molecule has 1 aliphatic heterocycles. The molecule has 1 unspecified atom stereocenters. The highest BCUT2D eigenvalue weighted by molar-refractivity contribution is 7.99. The Morgan fingerprint density at radius 2 is 2.00 bits per heavy atom. The van der Waals surface area contributed by atoms with Crippen LogP contribution in [0.4, 0.5) is 0 Å². The van der Waals surface area contributed by atoms with Crippen LogP contribution in [0, 0.1) is 0 Å². The normalized spacial score (nSPS) is 19.3. The summed E-state index contributed by atoms with van der Waals surface area (Å²) in [5, 5.41) is 12.5. The zero-order valence-corrected chi connectivity index (χ0v) is 17.0. The Labute approximate surface area is 160 Å². The van der Waals surface area contributed by atoms with E-state index in [9.17, 15) is 18.3 Å². The Morgan fingerprint density at radius 3 is 2.65 bits per heavy atom. The average Bonchev–Trinajstić information content (AvgIpc) is 2.61. The zero-order valence-electron chi connectivity index (χ0n) is 15.3. The first-order chi connectivity index (χ1) is 12.2. The number of hydrogen-bond donors (Lipinski definition) is 2. The first kappa shape index (κ1) is 21.2. The van der Waals surface area contributed by atoms with Crippen LogP contribution in [-0.4, -0.2) is 60.0 Å². The second-order valence-corrected chi connectivity index (χ2v) is 10.1. The topological polar surface area (TPSA) is 86.7 Å². The molecular weight excluding hydrogens is 372 g/mol. The standard InChI is InChI=1S/C18H28N2O4S2/c1-18(2,22)14-25-13-11-19-17(21)16-10-6-7-12-20(16)26(23,24)15-8-4-3-5-9-15/h3-5,8-9,16,22H,6-7,10-14H2,1-2H3,(H,19,21). The third-order valence-corrected chi connectivity index (χ3v) is 7.43. The molecule has 2 rings (SSSR count). The van der Waals surface area contributed by atoms with Gasteiger partial charge >= 0.3 is 0 Å². The third kappa shape index (κ3) is 5.97. The van der Waals surface area contributed by atoms with Gasteiger partial charge in [0, 0.05) is 24.6 Å². The van der Waals surface area contributed by atoms with Gasteiger partial charge in [-0.3, -0.25) is 4.79 Å². The van der Waals surface area contributed by atoms with Crippen molar-refractivity contribution in [3.05, 3.63) is 30.3 Å². The van der Waals surface area contributed by atoms with Crippen LogP contribution in [0.5, 0.6) is 0 Å². The summed E-state index contributed by atoms with van der Waals surface area (Å²) in [7, 11) is -3.68. The number of benzene rings is 1. The second-order valence-electron chi connectivity index (χ2n) is 7.10. The third-order valence-electron chi connectivity index (χ3n) is 4.11. The van der Waals surface area contributed by atoms with E-state index in [2.05, 4.69) is 5.32 Å². The van der Waals surface area contributed by atoms with Crippen molar-refractivity contribution in [1.29, 1.82) is 0 Å². The summed E-state index contributed by atoms with van der Waals surface area (Å²) in [4.78, 5) is 12.8. The van der Waals surface area contributed by atoms with Gasteiger partial charge in [-0.15, -0.1) is 0 Å². The van der Waals surface area contributed by atoms with E-state index in [1.165, 1.54) is 4.31 Å². The van der Waals surface area contributed by atoms with Crippen molar-refractivity contribution in [3.8, 4) is 0 Å². The lowest BCUT2D eigenvalue weighted by molar-refractivity contribution is -0.125. The quantitative estimate of drug-likeness (QED) is 0.651. The number of nitrogens with one attached hydrogen (secondary N) is 1. The summed E-state index contributed by atoms with van der Waals surface area (Å²) in [5.41, 5.74) is -0.737. The fourth-order valence-electron chi connectivity index (χ4n) is 2.87. The SMILES string of the molecule is CC(C)(O)CSCCNC(=O)C1CCCCN1S(=O)(=O)c1ccccc1. The van der Waals surface area contributed by atoms with Gasteiger partial charge in [0.2, 0.25) is 15.9 Å². The molecule has 2 N–H and O–H groups in total. The van der Waals surface area contributed by atoms with Crippen molar-refractivity contribution in [2.24, 2.45) is 0 Å². The summed E-state index contributed by atoms with van der Waals surface area (Å²) in [6, 6.07) is 7.61. The largest absolute Gasteiger partial charge is 0.390 e. The summed E-state index contributed by atoms with van der Waals surface area (Å²) in [6.07, 6.45) is 2.14. The molecule has 0 saturated carbocycles. The molecule has 1 aromatic rings. The van der Waals surface area contributed by atoms with E-state index in [1.54, 1.807) is 55.9 Å². The summed E-state index contributed by atoms with van der Waals surface area (Å²) < 4.78 is 27.1. The molecule has 26 heavy (non-hydrogen) atoms. The van der Waals surface area contributed by atoms with Crippen LogP contribution >= 0.6 is 11.8 Å².